The molecule has 0 spiro atoms. The van der Waals surface area contributed by atoms with Crippen LogP contribution in [0.25, 0.3) is 0 Å². The highest BCUT2D eigenvalue weighted by Crippen LogP contribution is 2.17. The normalized spacial score (nSPS) is 15.8. The largest absolute Gasteiger partial charge is 0.497 e. The minimum absolute atomic E-state index is 0.414. The molecule has 0 aliphatic carbocycles. The summed E-state index contributed by atoms with van der Waals surface area (Å²) in [6, 6.07) is 7.32. The average molecular weight is 285 g/mol. The number of hydrogen-bond acceptors (Lipinski definition) is 5. The van der Waals surface area contributed by atoms with Crippen LogP contribution < -0.4 is 10.1 Å². The summed E-state index contributed by atoms with van der Waals surface area (Å²) in [5.41, 5.74) is 0.0804. The fraction of sp³-hybridized carbons (Fsp3) is 0.571. The molecule has 0 aliphatic heterocycles. The van der Waals surface area contributed by atoms with Gasteiger partial charge in [-0.2, -0.15) is 11.8 Å². The number of hydrogen-bond donors (Lipinski definition) is 3. The number of nitrogens with one attached hydrogen (secondary N) is 1. The van der Waals surface area contributed by atoms with Crippen molar-refractivity contribution in [3.05, 3.63) is 29.8 Å². The maximum Gasteiger partial charge on any atom is 0.118 e. The van der Waals surface area contributed by atoms with E-state index in [0.717, 1.165) is 11.3 Å². The summed E-state index contributed by atoms with van der Waals surface area (Å²) in [4.78, 5) is 0. The highest BCUT2D eigenvalue weighted by atomic mass is 32.2. The molecule has 0 aliphatic rings. The molecule has 5 heteroatoms. The maximum atomic E-state index is 10.0. The summed E-state index contributed by atoms with van der Waals surface area (Å²) in [7, 11) is 1.61. The lowest BCUT2D eigenvalue weighted by molar-refractivity contribution is 0.0786. The van der Waals surface area contributed by atoms with Crippen LogP contribution in [0.3, 0.4) is 0 Å². The van der Waals surface area contributed by atoms with Gasteiger partial charge >= 0.3 is 0 Å². The number of thioether (sulfide) groups is 1. The minimum Gasteiger partial charge on any atom is -0.497 e. The first kappa shape index (κ1) is 16.3. The van der Waals surface area contributed by atoms with Crippen molar-refractivity contribution in [3.63, 3.8) is 0 Å². The van der Waals surface area contributed by atoms with Gasteiger partial charge < -0.3 is 20.3 Å². The van der Waals surface area contributed by atoms with Crippen molar-refractivity contribution in [2.24, 2.45) is 0 Å². The van der Waals surface area contributed by atoms with Gasteiger partial charge in [-0.25, -0.2) is 0 Å². The van der Waals surface area contributed by atoms with Gasteiger partial charge in [0, 0.05) is 18.8 Å². The molecule has 4 nitrogen and oxygen atoms in total. The van der Waals surface area contributed by atoms with Crippen molar-refractivity contribution >= 4 is 11.8 Å². The highest BCUT2D eigenvalue weighted by molar-refractivity contribution is 7.98. The first-order valence-corrected chi connectivity index (χ1v) is 7.62. The molecule has 1 aromatic rings. The van der Waals surface area contributed by atoms with Crippen LogP contribution in [0.4, 0.5) is 0 Å². The summed E-state index contributed by atoms with van der Waals surface area (Å²) in [5, 5.41) is 23.1. The van der Waals surface area contributed by atoms with Crippen molar-refractivity contribution in [1.82, 2.24) is 5.32 Å². The molecule has 0 saturated heterocycles. The van der Waals surface area contributed by atoms with Gasteiger partial charge in [0.2, 0.25) is 0 Å². The molecule has 108 valence electrons. The second-order valence-electron chi connectivity index (χ2n) is 4.85. The zero-order valence-corrected chi connectivity index (χ0v) is 12.5. The van der Waals surface area contributed by atoms with Crippen LogP contribution in [-0.4, -0.2) is 48.0 Å². The molecule has 0 aromatic heterocycles. The van der Waals surface area contributed by atoms with E-state index >= 15 is 0 Å². The summed E-state index contributed by atoms with van der Waals surface area (Å²) >= 11 is 1.60. The van der Waals surface area contributed by atoms with E-state index in [2.05, 4.69) is 5.32 Å². The molecule has 2 atom stereocenters. The molecule has 0 saturated carbocycles. The Bertz CT molecular complexity index is 367. The number of benzene rings is 1. The zero-order valence-electron chi connectivity index (χ0n) is 11.7. The van der Waals surface area contributed by atoms with E-state index in [1.807, 2.05) is 30.5 Å². The Kier molecular flexibility index (Phi) is 6.65. The number of aliphatic hydroxyl groups excluding tert-OH is 1. The summed E-state index contributed by atoms with van der Waals surface area (Å²) in [6.07, 6.45) is 1.37. The maximum absolute atomic E-state index is 10.0. The lowest BCUT2D eigenvalue weighted by Gasteiger charge is -2.23. The van der Waals surface area contributed by atoms with Crippen LogP contribution in [0.2, 0.25) is 0 Å². The molecule has 1 rings (SSSR count). The Morgan fingerprint density at radius 2 is 2.00 bits per heavy atom. The predicted molar refractivity (Wildman–Crippen MR) is 79.8 cm³/mol. The standard InChI is InChI=1S/C14H23NO3S/c1-14(17,10-19-3)9-15-8-13(16)11-4-6-12(18-2)7-5-11/h4-7,13,15-17H,8-10H2,1-3H3. The monoisotopic (exact) mass is 285 g/mol. The third-order valence-corrected chi connectivity index (χ3v) is 3.71. The van der Waals surface area contributed by atoms with Crippen molar-refractivity contribution < 1.29 is 14.9 Å². The van der Waals surface area contributed by atoms with E-state index in [0.29, 0.717) is 18.8 Å². The summed E-state index contributed by atoms with van der Waals surface area (Å²) < 4.78 is 5.07. The van der Waals surface area contributed by atoms with Crippen molar-refractivity contribution in [1.29, 1.82) is 0 Å². The Hall–Kier alpha value is -0.750. The zero-order chi connectivity index (χ0) is 14.3. The van der Waals surface area contributed by atoms with Crippen LogP contribution >= 0.6 is 11.8 Å². The molecule has 2 unspecified atom stereocenters. The predicted octanol–water partition coefficient (Wildman–Crippen LogP) is 1.43. The fourth-order valence-electron chi connectivity index (χ4n) is 1.78. The van der Waals surface area contributed by atoms with Crippen LogP contribution in [-0.2, 0) is 0 Å². The molecule has 1 aromatic carbocycles. The van der Waals surface area contributed by atoms with Crippen molar-refractivity contribution in [3.8, 4) is 5.75 Å². The summed E-state index contributed by atoms with van der Waals surface area (Å²) in [5.74, 6) is 1.44. The van der Waals surface area contributed by atoms with Crippen LogP contribution in [0.1, 0.15) is 18.6 Å². The number of aliphatic hydroxyl groups is 2. The first-order valence-electron chi connectivity index (χ1n) is 6.22. The molecular weight excluding hydrogens is 262 g/mol. The van der Waals surface area contributed by atoms with Gasteiger partial charge in [0.25, 0.3) is 0 Å². The SMILES string of the molecule is COc1ccc(C(O)CNCC(C)(O)CSC)cc1. The smallest absolute Gasteiger partial charge is 0.118 e. The second kappa shape index (κ2) is 7.75. The van der Waals surface area contributed by atoms with Gasteiger partial charge in [0.05, 0.1) is 18.8 Å². The molecule has 0 amide bonds. The molecule has 0 bridgehead atoms. The second-order valence-corrected chi connectivity index (χ2v) is 5.72. The highest BCUT2D eigenvalue weighted by Gasteiger charge is 2.19. The minimum atomic E-state index is -0.751. The quantitative estimate of drug-likeness (QED) is 0.674. The van der Waals surface area contributed by atoms with E-state index in [9.17, 15) is 10.2 Å². The number of methoxy groups -OCH3 is 1. The van der Waals surface area contributed by atoms with E-state index < -0.39 is 11.7 Å². The van der Waals surface area contributed by atoms with Crippen LogP contribution in [0.5, 0.6) is 5.75 Å². The van der Waals surface area contributed by atoms with E-state index in [-0.39, 0.29) is 0 Å². The Labute approximate surface area is 119 Å². The molecular formula is C14H23NO3S. The van der Waals surface area contributed by atoms with Gasteiger partial charge in [-0.05, 0) is 30.9 Å². The van der Waals surface area contributed by atoms with E-state index in [1.54, 1.807) is 25.8 Å². The van der Waals surface area contributed by atoms with Crippen molar-refractivity contribution in [2.45, 2.75) is 18.6 Å². The fourth-order valence-corrected chi connectivity index (χ4v) is 2.51. The molecule has 0 heterocycles. The van der Waals surface area contributed by atoms with E-state index in [4.69, 9.17) is 4.74 Å². The van der Waals surface area contributed by atoms with Crippen LogP contribution in [0, 0.1) is 0 Å². The third-order valence-electron chi connectivity index (χ3n) is 2.80. The number of rotatable bonds is 8. The van der Waals surface area contributed by atoms with Gasteiger partial charge in [-0.3, -0.25) is 0 Å². The first-order chi connectivity index (χ1) is 8.98. The van der Waals surface area contributed by atoms with E-state index in [1.165, 1.54) is 0 Å². The Morgan fingerprint density at radius 1 is 1.37 bits per heavy atom. The average Bonchev–Trinajstić information content (AvgIpc) is 2.38. The van der Waals surface area contributed by atoms with Gasteiger partial charge in [-0.1, -0.05) is 12.1 Å². The summed E-state index contributed by atoms with van der Waals surface area (Å²) in [6.45, 7) is 2.66. The van der Waals surface area contributed by atoms with Crippen molar-refractivity contribution in [2.75, 3.05) is 32.2 Å². The Morgan fingerprint density at radius 3 is 2.53 bits per heavy atom. The van der Waals surface area contributed by atoms with Gasteiger partial charge in [0.1, 0.15) is 5.75 Å². The van der Waals surface area contributed by atoms with Gasteiger partial charge in [0.15, 0.2) is 0 Å². The molecule has 19 heavy (non-hydrogen) atoms. The molecule has 0 radical (unpaired) electrons. The topological polar surface area (TPSA) is 61.7 Å². The number of ether oxygens (including phenoxy) is 1. The molecule has 0 fully saturated rings. The lowest BCUT2D eigenvalue weighted by atomic mass is 10.1. The Balaban J connectivity index is 2.40. The van der Waals surface area contributed by atoms with Crippen LogP contribution in [0.15, 0.2) is 24.3 Å². The molecule has 3 N–H and O–H groups in total. The third kappa shape index (κ3) is 5.82. The lowest BCUT2D eigenvalue weighted by Crippen LogP contribution is -2.41. The van der Waals surface area contributed by atoms with Gasteiger partial charge in [-0.15, -0.1) is 0 Å².